The minimum atomic E-state index is 0.665. The molecule has 16 heavy (non-hydrogen) atoms. The Morgan fingerprint density at radius 1 is 1.00 bits per heavy atom. The highest BCUT2D eigenvalue weighted by Gasteiger charge is 2.07. The summed E-state index contributed by atoms with van der Waals surface area (Å²) in [6.45, 7) is 9.57. The van der Waals surface area contributed by atoms with E-state index >= 15 is 0 Å². The standard InChI is InChI=1S/C14H21O2/c1-5-15-13-8-7-12(9-11(3)4)10-14(13)16-6-2/h7-8,10H,5-6,9H2,1-4H3. The van der Waals surface area contributed by atoms with Crippen molar-refractivity contribution < 1.29 is 9.47 Å². The smallest absolute Gasteiger partial charge is 0.161 e. The molecule has 0 aromatic heterocycles. The molecule has 1 aromatic rings. The van der Waals surface area contributed by atoms with Crippen molar-refractivity contribution in [3.05, 3.63) is 29.7 Å². The zero-order valence-electron chi connectivity index (χ0n) is 10.7. The third-order valence-electron chi connectivity index (χ3n) is 2.17. The molecular formula is C14H21O2. The van der Waals surface area contributed by atoms with Crippen molar-refractivity contribution in [2.75, 3.05) is 13.2 Å². The van der Waals surface area contributed by atoms with Gasteiger partial charge in [-0.3, -0.25) is 0 Å². The summed E-state index contributed by atoms with van der Waals surface area (Å²) >= 11 is 0. The lowest BCUT2D eigenvalue weighted by molar-refractivity contribution is 0.287. The van der Waals surface area contributed by atoms with Crippen LogP contribution in [0.3, 0.4) is 0 Å². The van der Waals surface area contributed by atoms with E-state index in [9.17, 15) is 0 Å². The molecule has 0 fully saturated rings. The summed E-state index contributed by atoms with van der Waals surface area (Å²) in [6, 6.07) is 6.16. The number of ether oxygens (including phenoxy) is 2. The van der Waals surface area contributed by atoms with E-state index in [-0.39, 0.29) is 0 Å². The van der Waals surface area contributed by atoms with E-state index in [0.29, 0.717) is 13.2 Å². The molecule has 0 heterocycles. The molecule has 0 atom stereocenters. The first-order chi connectivity index (χ1) is 7.67. The predicted octanol–water partition coefficient (Wildman–Crippen LogP) is 3.64. The van der Waals surface area contributed by atoms with E-state index in [0.717, 1.165) is 17.9 Å². The van der Waals surface area contributed by atoms with Crippen LogP contribution in [-0.2, 0) is 6.42 Å². The second-order valence-corrected chi connectivity index (χ2v) is 4.03. The lowest BCUT2D eigenvalue weighted by Gasteiger charge is -2.13. The van der Waals surface area contributed by atoms with Gasteiger partial charge in [0.25, 0.3) is 0 Å². The van der Waals surface area contributed by atoms with Crippen molar-refractivity contribution >= 4 is 0 Å². The number of hydrogen-bond acceptors (Lipinski definition) is 2. The predicted molar refractivity (Wildman–Crippen MR) is 67.1 cm³/mol. The summed E-state index contributed by atoms with van der Waals surface area (Å²) in [6.07, 6.45) is 0.993. The van der Waals surface area contributed by atoms with Crippen LogP contribution in [0.25, 0.3) is 0 Å². The van der Waals surface area contributed by atoms with E-state index in [1.54, 1.807) is 0 Å². The third-order valence-corrected chi connectivity index (χ3v) is 2.17. The van der Waals surface area contributed by atoms with Crippen LogP contribution in [-0.4, -0.2) is 13.2 Å². The van der Waals surface area contributed by atoms with Gasteiger partial charge in [-0.1, -0.05) is 19.9 Å². The van der Waals surface area contributed by atoms with Crippen molar-refractivity contribution in [2.24, 2.45) is 0 Å². The first-order valence-electron chi connectivity index (χ1n) is 5.84. The van der Waals surface area contributed by atoms with E-state index in [1.165, 1.54) is 11.5 Å². The molecule has 0 unspecified atom stereocenters. The number of hydrogen-bond donors (Lipinski definition) is 0. The fraction of sp³-hybridized carbons (Fsp3) is 0.500. The second-order valence-electron chi connectivity index (χ2n) is 4.03. The molecule has 0 spiro atoms. The summed E-state index contributed by atoms with van der Waals surface area (Å²) in [5.74, 6) is 3.08. The maximum absolute atomic E-state index is 5.58. The number of benzene rings is 1. The van der Waals surface area contributed by atoms with Gasteiger partial charge in [0.2, 0.25) is 0 Å². The van der Waals surface area contributed by atoms with Gasteiger partial charge >= 0.3 is 0 Å². The van der Waals surface area contributed by atoms with Gasteiger partial charge in [0.1, 0.15) is 0 Å². The van der Waals surface area contributed by atoms with Crippen LogP contribution in [0.2, 0.25) is 0 Å². The van der Waals surface area contributed by atoms with Gasteiger partial charge in [0.05, 0.1) is 13.2 Å². The molecule has 0 saturated carbocycles. The van der Waals surface area contributed by atoms with Crippen LogP contribution in [0, 0.1) is 5.92 Å². The minimum absolute atomic E-state index is 0.665. The Labute approximate surface area is 98.6 Å². The molecule has 0 aliphatic rings. The molecule has 1 rings (SSSR count). The molecule has 0 aliphatic heterocycles. The fourth-order valence-corrected chi connectivity index (χ4v) is 1.61. The summed E-state index contributed by atoms with van der Waals surface area (Å²) in [4.78, 5) is 0. The maximum Gasteiger partial charge on any atom is 0.161 e. The normalized spacial score (nSPS) is 10.6. The molecule has 0 amide bonds. The molecule has 89 valence electrons. The van der Waals surface area contributed by atoms with Gasteiger partial charge in [0, 0.05) is 0 Å². The molecular weight excluding hydrogens is 200 g/mol. The Kier molecular flexibility index (Phi) is 5.17. The Morgan fingerprint density at radius 3 is 2.19 bits per heavy atom. The Hall–Kier alpha value is -1.18. The summed E-state index contributed by atoms with van der Waals surface area (Å²) in [5, 5.41) is 0. The topological polar surface area (TPSA) is 18.5 Å². The van der Waals surface area contributed by atoms with Gasteiger partial charge in [-0.15, -0.1) is 0 Å². The first-order valence-corrected chi connectivity index (χ1v) is 5.84. The highest BCUT2D eigenvalue weighted by Crippen LogP contribution is 2.29. The van der Waals surface area contributed by atoms with Crippen LogP contribution in [0.5, 0.6) is 11.5 Å². The van der Waals surface area contributed by atoms with E-state index < -0.39 is 0 Å². The maximum atomic E-state index is 5.58. The average Bonchev–Trinajstić information content (AvgIpc) is 2.21. The van der Waals surface area contributed by atoms with Gasteiger partial charge in [0.15, 0.2) is 11.5 Å². The monoisotopic (exact) mass is 221 g/mol. The highest BCUT2D eigenvalue weighted by atomic mass is 16.5. The lowest BCUT2D eigenvalue weighted by atomic mass is 10.0. The number of rotatable bonds is 6. The van der Waals surface area contributed by atoms with Gasteiger partial charge < -0.3 is 9.47 Å². The minimum Gasteiger partial charge on any atom is -0.490 e. The molecule has 0 N–H and O–H groups in total. The second kappa shape index (κ2) is 6.41. The van der Waals surface area contributed by atoms with Gasteiger partial charge in [-0.25, -0.2) is 0 Å². The van der Waals surface area contributed by atoms with Crippen molar-refractivity contribution in [1.82, 2.24) is 0 Å². The molecule has 2 nitrogen and oxygen atoms in total. The Balaban J connectivity index is 2.87. The largest absolute Gasteiger partial charge is 0.490 e. The van der Waals surface area contributed by atoms with Crippen molar-refractivity contribution in [1.29, 1.82) is 0 Å². The zero-order valence-corrected chi connectivity index (χ0v) is 10.7. The van der Waals surface area contributed by atoms with E-state index in [1.807, 2.05) is 19.9 Å². The van der Waals surface area contributed by atoms with Gasteiger partial charge in [-0.2, -0.15) is 0 Å². The molecule has 0 aliphatic carbocycles. The SMILES string of the molecule is CCOc1ccc(C[C](C)C)cc1OCC. The summed E-state index contributed by atoms with van der Waals surface area (Å²) in [7, 11) is 0. The molecule has 1 aromatic carbocycles. The molecule has 0 saturated heterocycles. The summed E-state index contributed by atoms with van der Waals surface area (Å²) in [5.41, 5.74) is 1.27. The van der Waals surface area contributed by atoms with Crippen LogP contribution >= 0.6 is 0 Å². The molecule has 1 radical (unpaired) electrons. The fourth-order valence-electron chi connectivity index (χ4n) is 1.61. The van der Waals surface area contributed by atoms with Crippen molar-refractivity contribution in [3.63, 3.8) is 0 Å². The van der Waals surface area contributed by atoms with Gasteiger partial charge in [-0.05, 0) is 43.9 Å². The quantitative estimate of drug-likeness (QED) is 0.730. The first kappa shape index (κ1) is 12.9. The van der Waals surface area contributed by atoms with Crippen LogP contribution in [0.1, 0.15) is 33.3 Å². The van der Waals surface area contributed by atoms with Crippen molar-refractivity contribution in [3.8, 4) is 11.5 Å². The highest BCUT2D eigenvalue weighted by molar-refractivity contribution is 5.43. The Morgan fingerprint density at radius 2 is 1.62 bits per heavy atom. The molecule has 2 heteroatoms. The van der Waals surface area contributed by atoms with E-state index in [4.69, 9.17) is 9.47 Å². The van der Waals surface area contributed by atoms with E-state index in [2.05, 4.69) is 26.0 Å². The Bertz CT molecular complexity index is 319. The average molecular weight is 221 g/mol. The summed E-state index contributed by atoms with van der Waals surface area (Å²) < 4.78 is 11.1. The van der Waals surface area contributed by atoms with Crippen LogP contribution in [0.4, 0.5) is 0 Å². The third kappa shape index (κ3) is 3.76. The zero-order chi connectivity index (χ0) is 12.0. The van der Waals surface area contributed by atoms with Crippen LogP contribution < -0.4 is 9.47 Å². The lowest BCUT2D eigenvalue weighted by Crippen LogP contribution is -2.00. The van der Waals surface area contributed by atoms with Crippen molar-refractivity contribution in [2.45, 2.75) is 34.1 Å². The molecule has 0 bridgehead atoms. The van der Waals surface area contributed by atoms with Crippen LogP contribution in [0.15, 0.2) is 18.2 Å².